The molecule has 2 rings (SSSR count). The van der Waals surface area contributed by atoms with Gasteiger partial charge in [0.2, 0.25) is 11.8 Å². The van der Waals surface area contributed by atoms with Gasteiger partial charge < -0.3 is 10.2 Å². The second kappa shape index (κ2) is 11.2. The quantitative estimate of drug-likeness (QED) is 0.617. The lowest BCUT2D eigenvalue weighted by Crippen LogP contribution is -2.53. The molecule has 4 nitrogen and oxygen atoms in total. The minimum atomic E-state index is -0.489. The van der Waals surface area contributed by atoms with E-state index in [1.54, 1.807) is 16.7 Å². The first kappa shape index (κ1) is 24.0. The predicted molar refractivity (Wildman–Crippen MR) is 126 cm³/mol. The van der Waals surface area contributed by atoms with E-state index >= 15 is 0 Å². The average Bonchev–Trinajstić information content (AvgIpc) is 2.67. The van der Waals surface area contributed by atoms with Gasteiger partial charge in [-0.05, 0) is 45.2 Å². The molecule has 0 aliphatic heterocycles. The van der Waals surface area contributed by atoms with Crippen LogP contribution in [0.5, 0.6) is 0 Å². The van der Waals surface area contributed by atoms with E-state index in [9.17, 15) is 9.59 Å². The summed E-state index contributed by atoms with van der Waals surface area (Å²) in [7, 11) is 0. The molecule has 0 radical (unpaired) electrons. The fourth-order valence-electron chi connectivity index (χ4n) is 3.29. The number of rotatable bonds is 9. The van der Waals surface area contributed by atoms with Gasteiger partial charge in [-0.3, -0.25) is 9.59 Å². The third kappa shape index (κ3) is 7.86. The second-order valence-corrected chi connectivity index (χ2v) is 9.64. The summed E-state index contributed by atoms with van der Waals surface area (Å²) >= 11 is 1.59. The molecule has 162 valence electrons. The number of hydrogen-bond acceptors (Lipinski definition) is 3. The summed E-state index contributed by atoms with van der Waals surface area (Å²) in [5.74, 6) is 1.02. The van der Waals surface area contributed by atoms with Crippen LogP contribution in [0, 0.1) is 6.92 Å². The minimum absolute atomic E-state index is 0.00702. The Hall–Kier alpha value is -2.27. The maximum absolute atomic E-state index is 13.2. The highest BCUT2D eigenvalue weighted by molar-refractivity contribution is 7.99. The molecule has 0 fully saturated rings. The topological polar surface area (TPSA) is 49.4 Å². The molecule has 2 aromatic carbocycles. The number of hydrogen-bond donors (Lipinski definition) is 1. The summed E-state index contributed by atoms with van der Waals surface area (Å²) in [6, 6.07) is 17.7. The van der Waals surface area contributed by atoms with E-state index in [0.29, 0.717) is 18.7 Å². The Morgan fingerprint density at radius 1 is 1.03 bits per heavy atom. The van der Waals surface area contributed by atoms with Crippen molar-refractivity contribution in [2.45, 2.75) is 64.9 Å². The van der Waals surface area contributed by atoms with Crippen LogP contribution in [-0.4, -0.2) is 34.0 Å². The lowest BCUT2D eigenvalue weighted by Gasteiger charge is -2.33. The van der Waals surface area contributed by atoms with Crippen molar-refractivity contribution >= 4 is 23.6 Å². The van der Waals surface area contributed by atoms with Crippen molar-refractivity contribution in [1.29, 1.82) is 0 Å². The Labute approximate surface area is 185 Å². The van der Waals surface area contributed by atoms with Gasteiger partial charge in [0.15, 0.2) is 0 Å². The zero-order valence-electron chi connectivity index (χ0n) is 18.8. The van der Waals surface area contributed by atoms with Crippen LogP contribution in [0.4, 0.5) is 0 Å². The number of thioether (sulfide) groups is 1. The van der Waals surface area contributed by atoms with Gasteiger partial charge in [-0.2, -0.15) is 0 Å². The van der Waals surface area contributed by atoms with E-state index in [2.05, 4.69) is 30.4 Å². The van der Waals surface area contributed by atoms with E-state index in [1.807, 2.05) is 64.1 Å². The molecule has 5 heteroatoms. The van der Waals surface area contributed by atoms with Crippen LogP contribution >= 0.6 is 11.8 Å². The molecule has 0 heterocycles. The van der Waals surface area contributed by atoms with Gasteiger partial charge in [-0.25, -0.2) is 0 Å². The van der Waals surface area contributed by atoms with Crippen LogP contribution in [0.25, 0.3) is 0 Å². The zero-order chi connectivity index (χ0) is 22.1. The summed E-state index contributed by atoms with van der Waals surface area (Å²) in [4.78, 5) is 27.9. The number of nitrogens with one attached hydrogen (secondary N) is 1. The first-order valence-corrected chi connectivity index (χ1v) is 11.6. The second-order valence-electron chi connectivity index (χ2n) is 8.65. The fourth-order valence-corrected chi connectivity index (χ4v) is 4.15. The van der Waals surface area contributed by atoms with Gasteiger partial charge in [0.05, 0.1) is 5.75 Å². The minimum Gasteiger partial charge on any atom is -0.350 e. The van der Waals surface area contributed by atoms with Crippen LogP contribution in [0.1, 0.15) is 50.8 Å². The number of carbonyl (C=O) groups excluding carboxylic acids is 2. The summed E-state index contributed by atoms with van der Waals surface area (Å²) in [6.45, 7) is 10.3. The Kier molecular flexibility index (Phi) is 8.97. The number of benzene rings is 2. The van der Waals surface area contributed by atoms with Crippen LogP contribution in [0.2, 0.25) is 0 Å². The molecule has 30 heavy (non-hydrogen) atoms. The molecule has 0 aromatic heterocycles. The number of nitrogens with zero attached hydrogens (tertiary/aromatic N) is 1. The van der Waals surface area contributed by atoms with E-state index in [1.165, 1.54) is 11.1 Å². The highest BCUT2D eigenvalue weighted by atomic mass is 32.2. The average molecular weight is 427 g/mol. The SMILES string of the molecule is CC[C@H](C(=O)NC(C)(C)C)N(Cc1ccccc1)C(=O)CSCc1cccc(C)c1. The molecule has 0 aliphatic rings. The number of carbonyl (C=O) groups is 2. The van der Waals surface area contributed by atoms with E-state index in [-0.39, 0.29) is 17.4 Å². The van der Waals surface area contributed by atoms with Crippen molar-refractivity contribution in [3.8, 4) is 0 Å². The highest BCUT2D eigenvalue weighted by Crippen LogP contribution is 2.18. The molecule has 0 unspecified atom stereocenters. The Morgan fingerprint density at radius 2 is 1.70 bits per heavy atom. The Morgan fingerprint density at radius 3 is 2.30 bits per heavy atom. The first-order valence-electron chi connectivity index (χ1n) is 10.5. The number of amides is 2. The van der Waals surface area contributed by atoms with Crippen molar-refractivity contribution < 1.29 is 9.59 Å². The van der Waals surface area contributed by atoms with Gasteiger partial charge >= 0.3 is 0 Å². The molecule has 0 spiro atoms. The molecule has 0 aliphatic carbocycles. The zero-order valence-corrected chi connectivity index (χ0v) is 19.6. The smallest absolute Gasteiger partial charge is 0.243 e. The van der Waals surface area contributed by atoms with Crippen LogP contribution in [0.15, 0.2) is 54.6 Å². The third-order valence-electron chi connectivity index (χ3n) is 4.66. The lowest BCUT2D eigenvalue weighted by atomic mass is 10.1. The predicted octanol–water partition coefficient (Wildman–Crippen LogP) is 4.95. The molecule has 0 saturated carbocycles. The van der Waals surface area contributed by atoms with E-state index < -0.39 is 6.04 Å². The van der Waals surface area contributed by atoms with Crippen molar-refractivity contribution in [1.82, 2.24) is 10.2 Å². The number of aryl methyl sites for hydroxylation is 1. The maximum Gasteiger partial charge on any atom is 0.243 e. The summed E-state index contributed by atoms with van der Waals surface area (Å²) < 4.78 is 0. The normalized spacial score (nSPS) is 12.3. The van der Waals surface area contributed by atoms with Crippen molar-refractivity contribution in [3.05, 3.63) is 71.3 Å². The van der Waals surface area contributed by atoms with Gasteiger partial charge in [0.1, 0.15) is 6.04 Å². The molecule has 0 bridgehead atoms. The van der Waals surface area contributed by atoms with Crippen molar-refractivity contribution in [2.24, 2.45) is 0 Å². The highest BCUT2D eigenvalue weighted by Gasteiger charge is 2.30. The molecule has 2 aromatic rings. The first-order chi connectivity index (χ1) is 14.2. The fraction of sp³-hybridized carbons (Fsp3) is 0.440. The maximum atomic E-state index is 13.2. The molecule has 0 saturated heterocycles. The Bertz CT molecular complexity index is 831. The van der Waals surface area contributed by atoms with Crippen molar-refractivity contribution in [2.75, 3.05) is 5.75 Å². The van der Waals surface area contributed by atoms with Gasteiger partial charge in [0.25, 0.3) is 0 Å². The molecular formula is C25H34N2O2S. The molecule has 1 N–H and O–H groups in total. The lowest BCUT2D eigenvalue weighted by molar-refractivity contribution is -0.140. The van der Waals surface area contributed by atoms with Crippen LogP contribution in [-0.2, 0) is 21.9 Å². The molecule has 1 atom stereocenters. The van der Waals surface area contributed by atoms with Crippen molar-refractivity contribution in [3.63, 3.8) is 0 Å². The summed E-state index contributed by atoms with van der Waals surface area (Å²) in [5, 5.41) is 3.04. The monoisotopic (exact) mass is 426 g/mol. The van der Waals surface area contributed by atoms with Gasteiger partial charge in [-0.15, -0.1) is 11.8 Å². The standard InChI is InChI=1S/C25H34N2O2S/c1-6-22(24(29)26-25(3,4)5)27(16-20-12-8-7-9-13-20)23(28)18-30-17-21-14-10-11-19(2)15-21/h7-15,22H,6,16-18H2,1-5H3,(H,26,29)/t22-/m1/s1. The van der Waals surface area contributed by atoms with E-state index in [4.69, 9.17) is 0 Å². The van der Waals surface area contributed by atoms with Crippen LogP contribution in [0.3, 0.4) is 0 Å². The third-order valence-corrected chi connectivity index (χ3v) is 5.65. The van der Waals surface area contributed by atoms with Crippen LogP contribution < -0.4 is 5.32 Å². The Balaban J connectivity index is 2.12. The largest absolute Gasteiger partial charge is 0.350 e. The molecular weight excluding hydrogens is 392 g/mol. The summed E-state index contributed by atoms with van der Waals surface area (Å²) in [5.41, 5.74) is 3.11. The molecule has 2 amide bonds. The van der Waals surface area contributed by atoms with Gasteiger partial charge in [0, 0.05) is 17.8 Å². The summed E-state index contributed by atoms with van der Waals surface area (Å²) in [6.07, 6.45) is 0.572. The van der Waals surface area contributed by atoms with E-state index in [0.717, 1.165) is 11.3 Å². The van der Waals surface area contributed by atoms with Gasteiger partial charge in [-0.1, -0.05) is 67.1 Å².